The second kappa shape index (κ2) is 9.65. The Bertz CT molecular complexity index is 380. The van der Waals surface area contributed by atoms with E-state index in [-0.39, 0.29) is 36.4 Å². The minimum Gasteiger partial charge on any atom is -0.390 e. The molecule has 0 aromatic heterocycles. The van der Waals surface area contributed by atoms with Crippen LogP contribution in [0.2, 0.25) is 0 Å². The van der Waals surface area contributed by atoms with Crippen molar-refractivity contribution in [2.75, 3.05) is 6.54 Å². The van der Waals surface area contributed by atoms with Crippen LogP contribution in [0.5, 0.6) is 0 Å². The van der Waals surface area contributed by atoms with Gasteiger partial charge in [-0.1, -0.05) is 37.3 Å². The molecule has 5 heteroatoms. The SMILES string of the molecule is CCC1(NC[C@@H](O)[C@@H](N)Cc2ccccc2)CCC1.Cl.Cl. The van der Waals surface area contributed by atoms with E-state index in [1.807, 2.05) is 18.2 Å². The topological polar surface area (TPSA) is 58.3 Å². The van der Waals surface area contributed by atoms with Gasteiger partial charge in [-0.2, -0.15) is 0 Å². The molecule has 0 aliphatic heterocycles. The zero-order chi connectivity index (χ0) is 13.7. The van der Waals surface area contributed by atoms with Crippen molar-refractivity contribution in [3.05, 3.63) is 35.9 Å². The first-order valence-electron chi connectivity index (χ1n) is 7.38. The standard InChI is InChI=1S/C16H26N2O.2ClH/c1-2-16(9-6-10-16)18-12-15(19)14(17)11-13-7-4-3-5-8-13;;/h3-5,7-8,14-15,18-19H,2,6,9-12,17H2,1H3;2*1H/t14-,15+;;/m0../s1. The van der Waals surface area contributed by atoms with Gasteiger partial charge in [0.25, 0.3) is 0 Å². The van der Waals surface area contributed by atoms with Crippen LogP contribution in [0.4, 0.5) is 0 Å². The summed E-state index contributed by atoms with van der Waals surface area (Å²) in [5.41, 5.74) is 7.54. The molecule has 0 heterocycles. The first-order valence-corrected chi connectivity index (χ1v) is 7.38. The summed E-state index contributed by atoms with van der Waals surface area (Å²) in [5, 5.41) is 13.7. The molecule has 0 amide bonds. The molecule has 4 N–H and O–H groups in total. The Morgan fingerprint density at radius 1 is 1.24 bits per heavy atom. The smallest absolute Gasteiger partial charge is 0.0818 e. The summed E-state index contributed by atoms with van der Waals surface area (Å²) in [7, 11) is 0. The van der Waals surface area contributed by atoms with Crippen molar-refractivity contribution >= 4 is 24.8 Å². The molecule has 0 spiro atoms. The van der Waals surface area contributed by atoms with Crippen LogP contribution in [0.25, 0.3) is 0 Å². The Balaban J connectivity index is 0.00000200. The van der Waals surface area contributed by atoms with Crippen LogP contribution >= 0.6 is 24.8 Å². The zero-order valence-corrected chi connectivity index (χ0v) is 14.3. The van der Waals surface area contributed by atoms with E-state index in [9.17, 15) is 5.11 Å². The monoisotopic (exact) mass is 334 g/mol. The number of halogens is 2. The van der Waals surface area contributed by atoms with Crippen molar-refractivity contribution in [1.82, 2.24) is 5.32 Å². The summed E-state index contributed by atoms with van der Waals surface area (Å²) < 4.78 is 0. The highest BCUT2D eigenvalue weighted by Crippen LogP contribution is 2.34. The summed E-state index contributed by atoms with van der Waals surface area (Å²) in [6.07, 6.45) is 5.13. The van der Waals surface area contributed by atoms with E-state index in [0.717, 1.165) is 12.8 Å². The fourth-order valence-corrected chi connectivity index (χ4v) is 2.75. The molecule has 21 heavy (non-hydrogen) atoms. The van der Waals surface area contributed by atoms with Crippen molar-refractivity contribution in [2.45, 2.75) is 56.7 Å². The van der Waals surface area contributed by atoms with Gasteiger partial charge in [0, 0.05) is 18.1 Å². The van der Waals surface area contributed by atoms with E-state index in [0.29, 0.717) is 6.54 Å². The van der Waals surface area contributed by atoms with Gasteiger partial charge >= 0.3 is 0 Å². The van der Waals surface area contributed by atoms with Crippen molar-refractivity contribution in [3.63, 3.8) is 0 Å². The van der Waals surface area contributed by atoms with Crippen LogP contribution in [0.15, 0.2) is 30.3 Å². The number of rotatable bonds is 7. The lowest BCUT2D eigenvalue weighted by atomic mass is 9.74. The minimum absolute atomic E-state index is 0. The van der Waals surface area contributed by atoms with Gasteiger partial charge in [0.15, 0.2) is 0 Å². The predicted molar refractivity (Wildman–Crippen MR) is 93.5 cm³/mol. The normalized spacial score (nSPS) is 18.6. The summed E-state index contributed by atoms with van der Waals surface area (Å²) >= 11 is 0. The van der Waals surface area contributed by atoms with Crippen LogP contribution in [-0.4, -0.2) is 29.3 Å². The number of nitrogens with two attached hydrogens (primary N) is 1. The fraction of sp³-hybridized carbons (Fsp3) is 0.625. The molecule has 2 rings (SSSR count). The van der Waals surface area contributed by atoms with Crippen molar-refractivity contribution in [1.29, 1.82) is 0 Å². The minimum atomic E-state index is -0.482. The van der Waals surface area contributed by atoms with E-state index in [1.165, 1.54) is 24.8 Å². The summed E-state index contributed by atoms with van der Waals surface area (Å²) in [6, 6.07) is 9.91. The Kier molecular flexibility index (Phi) is 9.50. The van der Waals surface area contributed by atoms with E-state index in [2.05, 4.69) is 24.4 Å². The molecule has 1 aromatic rings. The Morgan fingerprint density at radius 2 is 1.86 bits per heavy atom. The molecular formula is C16H28Cl2N2O. The maximum atomic E-state index is 10.2. The van der Waals surface area contributed by atoms with Gasteiger partial charge < -0.3 is 16.2 Å². The summed E-state index contributed by atoms with van der Waals surface area (Å²) in [5.74, 6) is 0. The Hall–Kier alpha value is -0.320. The molecule has 0 unspecified atom stereocenters. The molecule has 2 atom stereocenters. The molecular weight excluding hydrogens is 307 g/mol. The van der Waals surface area contributed by atoms with Gasteiger partial charge in [0.05, 0.1) is 6.10 Å². The highest BCUT2D eigenvalue weighted by atomic mass is 35.5. The lowest BCUT2D eigenvalue weighted by Gasteiger charge is -2.43. The van der Waals surface area contributed by atoms with Crippen molar-refractivity contribution in [2.24, 2.45) is 5.73 Å². The first kappa shape index (κ1) is 20.7. The average Bonchev–Trinajstić information content (AvgIpc) is 2.39. The Labute approximate surface area is 140 Å². The first-order chi connectivity index (χ1) is 9.15. The van der Waals surface area contributed by atoms with Crippen LogP contribution in [-0.2, 0) is 6.42 Å². The van der Waals surface area contributed by atoms with Crippen LogP contribution in [0, 0.1) is 0 Å². The van der Waals surface area contributed by atoms with Crippen LogP contribution in [0.1, 0.15) is 38.2 Å². The third kappa shape index (κ3) is 5.76. The quantitative estimate of drug-likeness (QED) is 0.718. The molecule has 0 bridgehead atoms. The highest BCUT2D eigenvalue weighted by Gasteiger charge is 2.35. The van der Waals surface area contributed by atoms with Gasteiger partial charge in [-0.3, -0.25) is 0 Å². The summed E-state index contributed by atoms with van der Waals surface area (Å²) in [4.78, 5) is 0. The predicted octanol–water partition coefficient (Wildman–Crippen LogP) is 2.68. The molecule has 1 aliphatic carbocycles. The number of hydrogen-bond acceptors (Lipinski definition) is 3. The van der Waals surface area contributed by atoms with Crippen molar-refractivity contribution in [3.8, 4) is 0 Å². The molecule has 1 saturated carbocycles. The van der Waals surface area contributed by atoms with E-state index in [4.69, 9.17) is 5.73 Å². The molecule has 1 fully saturated rings. The maximum Gasteiger partial charge on any atom is 0.0818 e. The van der Waals surface area contributed by atoms with Gasteiger partial charge in [-0.15, -0.1) is 24.8 Å². The summed E-state index contributed by atoms with van der Waals surface area (Å²) in [6.45, 7) is 2.81. The van der Waals surface area contributed by atoms with Gasteiger partial charge in [-0.05, 0) is 37.7 Å². The highest BCUT2D eigenvalue weighted by molar-refractivity contribution is 5.85. The van der Waals surface area contributed by atoms with E-state index in [1.54, 1.807) is 0 Å². The average molecular weight is 335 g/mol. The van der Waals surface area contributed by atoms with E-state index < -0.39 is 6.10 Å². The van der Waals surface area contributed by atoms with Crippen molar-refractivity contribution < 1.29 is 5.11 Å². The van der Waals surface area contributed by atoms with Gasteiger partial charge in [0.2, 0.25) is 0 Å². The lowest BCUT2D eigenvalue weighted by molar-refractivity contribution is 0.102. The van der Waals surface area contributed by atoms with Crippen LogP contribution in [0.3, 0.4) is 0 Å². The number of aliphatic hydroxyl groups excluding tert-OH is 1. The zero-order valence-electron chi connectivity index (χ0n) is 12.6. The third-order valence-electron chi connectivity index (χ3n) is 4.48. The molecule has 1 aliphatic rings. The third-order valence-corrected chi connectivity index (χ3v) is 4.48. The largest absolute Gasteiger partial charge is 0.390 e. The van der Waals surface area contributed by atoms with Gasteiger partial charge in [0.1, 0.15) is 0 Å². The second-order valence-corrected chi connectivity index (χ2v) is 5.79. The molecule has 0 saturated heterocycles. The maximum absolute atomic E-state index is 10.2. The van der Waals surface area contributed by atoms with Crippen LogP contribution < -0.4 is 11.1 Å². The molecule has 1 aromatic carbocycles. The number of benzene rings is 1. The lowest BCUT2D eigenvalue weighted by Crippen LogP contribution is -2.55. The number of β-amino-alcohol motifs (C(OH)–C–C–N with tert-alkyl or cyclic N) is 1. The van der Waals surface area contributed by atoms with E-state index >= 15 is 0 Å². The number of nitrogens with one attached hydrogen (secondary N) is 1. The Morgan fingerprint density at radius 3 is 2.33 bits per heavy atom. The van der Waals surface area contributed by atoms with Gasteiger partial charge in [-0.25, -0.2) is 0 Å². The molecule has 0 radical (unpaired) electrons. The molecule has 3 nitrogen and oxygen atoms in total. The number of aliphatic hydroxyl groups is 1. The molecule has 122 valence electrons. The fourth-order valence-electron chi connectivity index (χ4n) is 2.75. The number of hydrogen-bond donors (Lipinski definition) is 3. The second-order valence-electron chi connectivity index (χ2n) is 5.79.